The van der Waals surface area contributed by atoms with Gasteiger partial charge in [0.25, 0.3) is 0 Å². The zero-order valence-corrected chi connectivity index (χ0v) is 14.4. The Morgan fingerprint density at radius 2 is 2.17 bits per heavy atom. The molecule has 2 aromatic rings. The smallest absolute Gasteiger partial charge is 0.232 e. The first-order valence-electron chi connectivity index (χ1n) is 6.97. The van der Waals surface area contributed by atoms with Crippen LogP contribution in [0.2, 0.25) is 0 Å². The maximum absolute atomic E-state index is 12.3. The molecule has 9 heteroatoms. The number of benzene rings is 1. The molecule has 1 aromatic carbocycles. The molecule has 7 nitrogen and oxygen atoms in total. The van der Waals surface area contributed by atoms with Crippen molar-refractivity contribution < 1.29 is 13.2 Å². The van der Waals surface area contributed by atoms with Crippen LogP contribution in [-0.2, 0) is 23.5 Å². The van der Waals surface area contributed by atoms with Gasteiger partial charge in [-0.05, 0) is 30.2 Å². The van der Waals surface area contributed by atoms with Gasteiger partial charge in [-0.1, -0.05) is 11.8 Å². The Balaban J connectivity index is 1.75. The number of fused-ring (bicyclic) bond motifs is 1. The molecule has 0 amide bonds. The van der Waals surface area contributed by atoms with E-state index >= 15 is 0 Å². The normalized spacial score (nSPS) is 14.1. The van der Waals surface area contributed by atoms with Crippen LogP contribution < -0.4 is 4.31 Å². The molecular weight excluding hydrogens is 336 g/mol. The van der Waals surface area contributed by atoms with Gasteiger partial charge in [0.2, 0.25) is 10.0 Å². The molecule has 0 radical (unpaired) electrons. The first-order valence-corrected chi connectivity index (χ1v) is 9.80. The first kappa shape index (κ1) is 16.0. The molecule has 0 N–H and O–H groups in total. The van der Waals surface area contributed by atoms with Crippen molar-refractivity contribution in [3.8, 4) is 0 Å². The van der Waals surface area contributed by atoms with Crippen LogP contribution in [0.4, 0.5) is 5.69 Å². The third-order valence-electron chi connectivity index (χ3n) is 3.66. The second-order valence-electron chi connectivity index (χ2n) is 5.36. The van der Waals surface area contributed by atoms with E-state index in [1.54, 1.807) is 29.1 Å². The average Bonchev–Trinajstić information content (AvgIpc) is 3.09. The van der Waals surface area contributed by atoms with E-state index in [4.69, 9.17) is 0 Å². The minimum Gasteiger partial charge on any atom is -0.312 e. The lowest BCUT2D eigenvalue weighted by atomic mass is 10.1. The van der Waals surface area contributed by atoms with Crippen LogP contribution in [0.15, 0.2) is 29.7 Å². The fourth-order valence-electron chi connectivity index (χ4n) is 2.51. The van der Waals surface area contributed by atoms with Gasteiger partial charge in [-0.2, -0.15) is 0 Å². The predicted octanol–water partition coefficient (Wildman–Crippen LogP) is 1.11. The standard InChI is InChI=1S/C14H16N4O3S2/c1-17-9-15-16-14(17)22-8-13(19)11-3-4-12-10(7-11)5-6-18(12)23(2,20)21/h3-4,7,9H,5-6,8H2,1-2H3. The highest BCUT2D eigenvalue weighted by atomic mass is 32.2. The zero-order chi connectivity index (χ0) is 16.6. The van der Waals surface area contributed by atoms with Crippen molar-refractivity contribution >= 4 is 33.3 Å². The summed E-state index contributed by atoms with van der Waals surface area (Å²) in [5, 5.41) is 8.38. The maximum Gasteiger partial charge on any atom is 0.232 e. The second kappa shape index (κ2) is 5.97. The summed E-state index contributed by atoms with van der Waals surface area (Å²) < 4.78 is 26.6. The molecule has 0 saturated heterocycles. The summed E-state index contributed by atoms with van der Waals surface area (Å²) in [6.45, 7) is 0.430. The van der Waals surface area contributed by atoms with E-state index < -0.39 is 10.0 Å². The van der Waals surface area contributed by atoms with Crippen molar-refractivity contribution in [2.75, 3.05) is 22.9 Å². The number of thioether (sulfide) groups is 1. The quantitative estimate of drug-likeness (QED) is 0.592. The minimum absolute atomic E-state index is 0.0152. The number of hydrogen-bond donors (Lipinski definition) is 0. The fourth-order valence-corrected chi connectivity index (χ4v) is 4.25. The SMILES string of the molecule is Cn1cnnc1SCC(=O)c1ccc2c(c1)CCN2S(C)(=O)=O. The molecule has 1 aliphatic heterocycles. The van der Waals surface area contributed by atoms with Crippen LogP contribution in [0.25, 0.3) is 0 Å². The number of sulfonamides is 1. The van der Waals surface area contributed by atoms with E-state index in [-0.39, 0.29) is 11.5 Å². The summed E-state index contributed by atoms with van der Waals surface area (Å²) in [5.41, 5.74) is 2.16. The molecule has 0 spiro atoms. The average molecular weight is 352 g/mol. The van der Waals surface area contributed by atoms with E-state index in [0.29, 0.717) is 29.4 Å². The summed E-state index contributed by atoms with van der Waals surface area (Å²) in [7, 11) is -1.45. The summed E-state index contributed by atoms with van der Waals surface area (Å²) in [4.78, 5) is 12.3. The summed E-state index contributed by atoms with van der Waals surface area (Å²) in [6.07, 6.45) is 3.40. The molecule has 2 heterocycles. The third kappa shape index (κ3) is 3.25. The molecule has 0 bridgehead atoms. The number of rotatable bonds is 5. The Morgan fingerprint density at radius 3 is 2.83 bits per heavy atom. The monoisotopic (exact) mass is 352 g/mol. The molecule has 0 aliphatic carbocycles. The lowest BCUT2D eigenvalue weighted by Crippen LogP contribution is -2.27. The Bertz CT molecular complexity index is 861. The van der Waals surface area contributed by atoms with Gasteiger partial charge < -0.3 is 4.57 Å². The van der Waals surface area contributed by atoms with Crippen LogP contribution in [0.3, 0.4) is 0 Å². The van der Waals surface area contributed by atoms with Crippen LogP contribution in [-0.4, -0.2) is 47.5 Å². The third-order valence-corrected chi connectivity index (χ3v) is 5.87. The fraction of sp³-hybridized carbons (Fsp3) is 0.357. The molecule has 0 atom stereocenters. The Labute approximate surface area is 138 Å². The largest absolute Gasteiger partial charge is 0.312 e. The van der Waals surface area contributed by atoms with Crippen LogP contribution in [0, 0.1) is 0 Å². The number of hydrogen-bond acceptors (Lipinski definition) is 6. The van der Waals surface area contributed by atoms with Gasteiger partial charge >= 0.3 is 0 Å². The summed E-state index contributed by atoms with van der Waals surface area (Å²) in [6, 6.07) is 5.19. The van der Waals surface area contributed by atoms with E-state index in [1.165, 1.54) is 22.3 Å². The van der Waals surface area contributed by atoms with E-state index in [0.717, 1.165) is 5.56 Å². The van der Waals surface area contributed by atoms with Gasteiger partial charge in [-0.15, -0.1) is 10.2 Å². The Kier molecular flexibility index (Phi) is 4.15. The molecule has 1 aromatic heterocycles. The van der Waals surface area contributed by atoms with Gasteiger partial charge in [0.1, 0.15) is 6.33 Å². The number of nitrogens with zero attached hydrogens (tertiary/aromatic N) is 4. The van der Waals surface area contributed by atoms with Gasteiger partial charge in [0.05, 0.1) is 17.7 Å². The molecule has 23 heavy (non-hydrogen) atoms. The van der Waals surface area contributed by atoms with E-state index in [2.05, 4.69) is 10.2 Å². The summed E-state index contributed by atoms with van der Waals surface area (Å²) in [5.74, 6) is 0.250. The lowest BCUT2D eigenvalue weighted by Gasteiger charge is -2.16. The van der Waals surface area contributed by atoms with Gasteiger partial charge in [-0.25, -0.2) is 8.42 Å². The first-order chi connectivity index (χ1) is 10.9. The highest BCUT2D eigenvalue weighted by molar-refractivity contribution is 7.99. The number of ketones is 1. The van der Waals surface area contributed by atoms with Crippen molar-refractivity contribution in [3.05, 3.63) is 35.7 Å². The van der Waals surface area contributed by atoms with Crippen LogP contribution in [0.1, 0.15) is 15.9 Å². The number of aryl methyl sites for hydroxylation is 1. The van der Waals surface area contributed by atoms with Crippen molar-refractivity contribution in [2.24, 2.45) is 7.05 Å². The van der Waals surface area contributed by atoms with Gasteiger partial charge in [-0.3, -0.25) is 9.10 Å². The summed E-state index contributed by atoms with van der Waals surface area (Å²) >= 11 is 1.33. The number of anilines is 1. The molecule has 122 valence electrons. The molecule has 0 fully saturated rings. The minimum atomic E-state index is -3.27. The van der Waals surface area contributed by atoms with Crippen molar-refractivity contribution in [1.29, 1.82) is 0 Å². The topological polar surface area (TPSA) is 85.2 Å². The number of aromatic nitrogens is 3. The van der Waals surface area contributed by atoms with Crippen LogP contribution >= 0.6 is 11.8 Å². The van der Waals surface area contributed by atoms with Gasteiger partial charge in [0.15, 0.2) is 10.9 Å². The van der Waals surface area contributed by atoms with E-state index in [1.807, 2.05) is 7.05 Å². The van der Waals surface area contributed by atoms with Crippen molar-refractivity contribution in [2.45, 2.75) is 11.6 Å². The Morgan fingerprint density at radius 1 is 1.39 bits per heavy atom. The van der Waals surface area contributed by atoms with Crippen molar-refractivity contribution in [1.82, 2.24) is 14.8 Å². The zero-order valence-electron chi connectivity index (χ0n) is 12.8. The highest BCUT2D eigenvalue weighted by Gasteiger charge is 2.26. The number of Topliss-reactive ketones (excluding diaryl/α,β-unsaturated/α-hetero) is 1. The molecule has 1 aliphatic rings. The van der Waals surface area contributed by atoms with Gasteiger partial charge in [0, 0.05) is 19.2 Å². The number of carbonyl (C=O) groups excluding carboxylic acids is 1. The number of carbonyl (C=O) groups is 1. The molecule has 3 rings (SSSR count). The maximum atomic E-state index is 12.3. The molecular formula is C14H16N4O3S2. The predicted molar refractivity (Wildman–Crippen MR) is 88.4 cm³/mol. The van der Waals surface area contributed by atoms with Crippen LogP contribution in [0.5, 0.6) is 0 Å². The highest BCUT2D eigenvalue weighted by Crippen LogP contribution is 2.31. The lowest BCUT2D eigenvalue weighted by molar-refractivity contribution is 0.102. The Hall–Kier alpha value is -1.87. The molecule has 0 unspecified atom stereocenters. The van der Waals surface area contributed by atoms with Crippen molar-refractivity contribution in [3.63, 3.8) is 0 Å². The second-order valence-corrected chi connectivity index (χ2v) is 8.21. The molecule has 0 saturated carbocycles. The van der Waals surface area contributed by atoms with E-state index in [9.17, 15) is 13.2 Å².